The fraction of sp³-hybridized carbons (Fsp3) is 0.300. The van der Waals surface area contributed by atoms with E-state index >= 15 is 0 Å². The van der Waals surface area contributed by atoms with E-state index in [1.54, 1.807) is 0 Å². The molecule has 0 saturated carbocycles. The van der Waals surface area contributed by atoms with E-state index < -0.39 is 33.8 Å². The molecule has 7 nitrogen and oxygen atoms in total. The molecule has 3 rings (SSSR count). The maximum absolute atomic E-state index is 13.6. The topological polar surface area (TPSA) is 92.8 Å². The number of ether oxygens (including phenoxy) is 1. The van der Waals surface area contributed by atoms with Crippen LogP contribution in [0.3, 0.4) is 0 Å². The first-order chi connectivity index (χ1) is 13.8. The number of rotatable bonds is 6. The van der Waals surface area contributed by atoms with Crippen LogP contribution < -0.4 is 5.32 Å². The van der Waals surface area contributed by atoms with Crippen molar-refractivity contribution in [2.45, 2.75) is 30.8 Å². The Labute approximate surface area is 168 Å². The van der Waals surface area contributed by atoms with E-state index in [0.717, 1.165) is 18.9 Å². The Hall–Kier alpha value is -2.78. The predicted octanol–water partition coefficient (Wildman–Crippen LogP) is 2.79. The highest BCUT2D eigenvalue weighted by atomic mass is 32.2. The van der Waals surface area contributed by atoms with Gasteiger partial charge in [0, 0.05) is 18.8 Å². The second-order valence-corrected chi connectivity index (χ2v) is 8.59. The third-order valence-electron chi connectivity index (χ3n) is 4.57. The first-order valence-corrected chi connectivity index (χ1v) is 10.6. The van der Waals surface area contributed by atoms with Gasteiger partial charge in [-0.05, 0) is 56.2 Å². The van der Waals surface area contributed by atoms with Gasteiger partial charge in [0.2, 0.25) is 10.0 Å². The lowest BCUT2D eigenvalue weighted by molar-refractivity contribution is -0.123. The molecule has 0 aliphatic carbocycles. The maximum atomic E-state index is 13.6. The number of hydrogen-bond donors (Lipinski definition) is 1. The molecule has 1 heterocycles. The molecule has 2 aromatic rings. The van der Waals surface area contributed by atoms with Crippen LogP contribution in [0.5, 0.6) is 0 Å². The zero-order valence-corrected chi connectivity index (χ0v) is 16.6. The van der Waals surface area contributed by atoms with Crippen molar-refractivity contribution in [1.29, 1.82) is 0 Å². The number of nitrogens with zero attached hydrogens (tertiary/aromatic N) is 1. The molecular weight excluding hydrogens is 399 g/mol. The van der Waals surface area contributed by atoms with Gasteiger partial charge in [-0.1, -0.05) is 12.1 Å². The average molecular weight is 420 g/mol. The van der Waals surface area contributed by atoms with Gasteiger partial charge in [-0.25, -0.2) is 17.6 Å². The van der Waals surface area contributed by atoms with Crippen LogP contribution in [-0.2, 0) is 19.6 Å². The van der Waals surface area contributed by atoms with Crippen molar-refractivity contribution in [3.8, 4) is 0 Å². The summed E-state index contributed by atoms with van der Waals surface area (Å²) in [5.74, 6) is -2.30. The van der Waals surface area contributed by atoms with Gasteiger partial charge in [0.15, 0.2) is 6.10 Å². The molecule has 1 saturated heterocycles. The van der Waals surface area contributed by atoms with Crippen LogP contribution in [0.15, 0.2) is 53.4 Å². The molecule has 1 amide bonds. The molecule has 29 heavy (non-hydrogen) atoms. The summed E-state index contributed by atoms with van der Waals surface area (Å²) in [5, 5.41) is 2.54. The van der Waals surface area contributed by atoms with Crippen molar-refractivity contribution in [2.75, 3.05) is 18.4 Å². The standard InChI is InChI=1S/C20H21FN2O5S/c1-14(28-20(25)17-6-2-3-7-18(17)21)19(24)22-15-8-10-16(11-9-15)29(26,27)23-12-4-5-13-23/h2-3,6-11,14H,4-5,12-13H2,1H3,(H,22,24)/t14-/m1/s1. The van der Waals surface area contributed by atoms with Crippen LogP contribution in [0.2, 0.25) is 0 Å². The molecule has 0 radical (unpaired) electrons. The van der Waals surface area contributed by atoms with Gasteiger partial charge < -0.3 is 10.1 Å². The predicted molar refractivity (Wildman–Crippen MR) is 104 cm³/mol. The smallest absolute Gasteiger partial charge is 0.341 e. The van der Waals surface area contributed by atoms with Crippen LogP contribution in [0.1, 0.15) is 30.1 Å². The zero-order chi connectivity index (χ0) is 21.0. The van der Waals surface area contributed by atoms with Gasteiger partial charge in [0.25, 0.3) is 5.91 Å². The summed E-state index contributed by atoms with van der Waals surface area (Å²) in [6.45, 7) is 2.37. The van der Waals surface area contributed by atoms with E-state index in [-0.39, 0.29) is 10.5 Å². The Balaban J connectivity index is 1.61. The van der Waals surface area contributed by atoms with Crippen molar-refractivity contribution in [3.63, 3.8) is 0 Å². The monoisotopic (exact) mass is 420 g/mol. The van der Waals surface area contributed by atoms with Crippen LogP contribution in [0.25, 0.3) is 0 Å². The molecule has 9 heteroatoms. The highest BCUT2D eigenvalue weighted by Crippen LogP contribution is 2.22. The number of halogens is 1. The van der Waals surface area contributed by atoms with Gasteiger partial charge in [-0.3, -0.25) is 4.79 Å². The molecular formula is C20H21FN2O5S. The van der Waals surface area contributed by atoms with Crippen molar-refractivity contribution in [1.82, 2.24) is 4.31 Å². The molecule has 0 aromatic heterocycles. The molecule has 0 unspecified atom stereocenters. The van der Waals surface area contributed by atoms with Crippen LogP contribution in [0.4, 0.5) is 10.1 Å². The van der Waals surface area contributed by atoms with Crippen LogP contribution in [-0.4, -0.2) is 43.8 Å². The lowest BCUT2D eigenvalue weighted by Gasteiger charge is -2.16. The Kier molecular flexibility index (Phi) is 6.29. The Morgan fingerprint density at radius 1 is 1.07 bits per heavy atom. The number of sulfonamides is 1. The number of anilines is 1. The third kappa shape index (κ3) is 4.80. The quantitative estimate of drug-likeness (QED) is 0.726. The Morgan fingerprint density at radius 3 is 2.31 bits per heavy atom. The van der Waals surface area contributed by atoms with E-state index in [2.05, 4.69) is 5.32 Å². The minimum absolute atomic E-state index is 0.149. The average Bonchev–Trinajstić information content (AvgIpc) is 3.24. The van der Waals surface area contributed by atoms with Gasteiger partial charge in [0.05, 0.1) is 10.5 Å². The normalized spacial score (nSPS) is 15.7. The zero-order valence-electron chi connectivity index (χ0n) is 15.8. The molecule has 1 atom stereocenters. The summed E-state index contributed by atoms with van der Waals surface area (Å²) in [5.41, 5.74) is 0.0905. The lowest BCUT2D eigenvalue weighted by atomic mass is 10.2. The summed E-state index contributed by atoms with van der Waals surface area (Å²) in [6, 6.07) is 11.1. The van der Waals surface area contributed by atoms with Gasteiger partial charge in [0.1, 0.15) is 5.82 Å². The maximum Gasteiger partial charge on any atom is 0.341 e. The molecule has 0 spiro atoms. The van der Waals surface area contributed by atoms with E-state index in [4.69, 9.17) is 4.74 Å². The molecule has 2 aromatic carbocycles. The number of hydrogen-bond acceptors (Lipinski definition) is 5. The third-order valence-corrected chi connectivity index (χ3v) is 6.48. The molecule has 1 aliphatic rings. The van der Waals surface area contributed by atoms with Gasteiger partial charge >= 0.3 is 5.97 Å². The number of amides is 1. The van der Waals surface area contributed by atoms with Gasteiger partial charge in [-0.2, -0.15) is 4.31 Å². The Bertz CT molecular complexity index is 1000. The highest BCUT2D eigenvalue weighted by molar-refractivity contribution is 7.89. The second kappa shape index (κ2) is 8.71. The van der Waals surface area contributed by atoms with Crippen LogP contribution in [0, 0.1) is 5.82 Å². The first-order valence-electron chi connectivity index (χ1n) is 9.15. The minimum atomic E-state index is -3.54. The number of nitrogens with one attached hydrogen (secondary N) is 1. The van der Waals surface area contributed by atoms with Gasteiger partial charge in [-0.15, -0.1) is 0 Å². The first kappa shape index (κ1) is 20.9. The number of benzene rings is 2. The van der Waals surface area contributed by atoms with E-state index in [1.165, 1.54) is 53.7 Å². The largest absolute Gasteiger partial charge is 0.449 e. The fourth-order valence-electron chi connectivity index (χ4n) is 2.94. The van der Waals surface area contributed by atoms with E-state index in [0.29, 0.717) is 18.8 Å². The molecule has 1 fully saturated rings. The molecule has 0 bridgehead atoms. The highest BCUT2D eigenvalue weighted by Gasteiger charge is 2.27. The lowest BCUT2D eigenvalue weighted by Crippen LogP contribution is -2.30. The van der Waals surface area contributed by atoms with Crippen molar-refractivity contribution < 1.29 is 27.1 Å². The van der Waals surface area contributed by atoms with Crippen molar-refractivity contribution in [3.05, 3.63) is 59.9 Å². The molecule has 1 N–H and O–H groups in total. The fourth-order valence-corrected chi connectivity index (χ4v) is 4.45. The second-order valence-electron chi connectivity index (χ2n) is 6.65. The SMILES string of the molecule is C[C@@H](OC(=O)c1ccccc1F)C(=O)Nc1ccc(S(=O)(=O)N2CCCC2)cc1. The van der Waals surface area contributed by atoms with Crippen molar-refractivity contribution in [2.24, 2.45) is 0 Å². The summed E-state index contributed by atoms with van der Waals surface area (Å²) in [7, 11) is -3.54. The number of carbonyl (C=O) groups excluding carboxylic acids is 2. The molecule has 154 valence electrons. The number of esters is 1. The summed E-state index contributed by atoms with van der Waals surface area (Å²) < 4.78 is 45.1. The Morgan fingerprint density at radius 2 is 1.69 bits per heavy atom. The molecule has 1 aliphatic heterocycles. The summed E-state index contributed by atoms with van der Waals surface area (Å²) in [6.07, 6.45) is 0.517. The summed E-state index contributed by atoms with van der Waals surface area (Å²) in [4.78, 5) is 24.4. The summed E-state index contributed by atoms with van der Waals surface area (Å²) >= 11 is 0. The van der Waals surface area contributed by atoms with E-state index in [1.807, 2.05) is 0 Å². The number of carbonyl (C=O) groups is 2. The van der Waals surface area contributed by atoms with E-state index in [9.17, 15) is 22.4 Å². The van der Waals surface area contributed by atoms with Crippen molar-refractivity contribution >= 4 is 27.6 Å². The van der Waals surface area contributed by atoms with Crippen LogP contribution >= 0.6 is 0 Å². The minimum Gasteiger partial charge on any atom is -0.449 e.